The average molecular weight is 420 g/mol. The van der Waals surface area contributed by atoms with E-state index in [1.807, 2.05) is 6.07 Å². The third-order valence-electron chi connectivity index (χ3n) is 5.48. The van der Waals surface area contributed by atoms with Crippen LogP contribution < -0.4 is 10.3 Å². The molecule has 1 aliphatic carbocycles. The largest absolute Gasteiger partial charge is 0.376 e. The Morgan fingerprint density at radius 1 is 1.21 bits per heavy atom. The second-order valence-corrected chi connectivity index (χ2v) is 9.61. The molecule has 29 heavy (non-hydrogen) atoms. The molecule has 2 aromatic rings. The normalized spacial score (nSPS) is 21.0. The fourth-order valence-electron chi connectivity index (χ4n) is 3.81. The lowest BCUT2D eigenvalue weighted by molar-refractivity contribution is 0.00719. The van der Waals surface area contributed by atoms with E-state index in [-0.39, 0.29) is 24.8 Å². The van der Waals surface area contributed by atoms with Gasteiger partial charge in [0.25, 0.3) is 5.56 Å². The summed E-state index contributed by atoms with van der Waals surface area (Å²) >= 11 is 0. The van der Waals surface area contributed by atoms with Crippen molar-refractivity contribution in [3.8, 4) is 0 Å². The maximum Gasteiger partial charge on any atom is 0.256 e. The van der Waals surface area contributed by atoms with Gasteiger partial charge in [-0.1, -0.05) is 30.3 Å². The Kier molecular flexibility index (Phi) is 7.21. The summed E-state index contributed by atoms with van der Waals surface area (Å²) in [5.41, 5.74) is 1.70. The molecule has 1 N–H and O–H groups in total. The fourth-order valence-corrected chi connectivity index (χ4v) is 4.30. The molecule has 0 saturated heterocycles. The quantitative estimate of drug-likeness (QED) is 0.709. The lowest BCUT2D eigenvalue weighted by Gasteiger charge is -2.30. The van der Waals surface area contributed by atoms with E-state index in [0.29, 0.717) is 11.5 Å². The molecule has 8 heteroatoms. The standard InChI is InChI=1S/C21H29N3O4S/c1-16-12-22-15-24(21(16)25)19(13-23-29(2,26)27)14-28-20-10-8-18(9-11-20)17-6-4-3-5-7-17/h3-7,12,15,18-20,23H,8-11,13-14H2,1-2H3. The molecule has 158 valence electrons. The Morgan fingerprint density at radius 3 is 2.55 bits per heavy atom. The molecule has 0 bridgehead atoms. The van der Waals surface area contributed by atoms with Crippen LogP contribution in [0.4, 0.5) is 0 Å². The second-order valence-electron chi connectivity index (χ2n) is 7.78. The summed E-state index contributed by atoms with van der Waals surface area (Å²) in [4.78, 5) is 16.6. The summed E-state index contributed by atoms with van der Waals surface area (Å²) in [7, 11) is -3.37. The van der Waals surface area contributed by atoms with Crippen molar-refractivity contribution < 1.29 is 13.2 Å². The van der Waals surface area contributed by atoms with E-state index >= 15 is 0 Å². The number of hydrogen-bond acceptors (Lipinski definition) is 5. The van der Waals surface area contributed by atoms with Gasteiger partial charge in [0, 0.05) is 18.3 Å². The molecule has 0 spiro atoms. The third-order valence-corrected chi connectivity index (χ3v) is 6.17. The predicted molar refractivity (Wildman–Crippen MR) is 113 cm³/mol. The summed E-state index contributed by atoms with van der Waals surface area (Å²) in [6.45, 7) is 2.04. The van der Waals surface area contributed by atoms with Crippen LogP contribution in [0.2, 0.25) is 0 Å². The van der Waals surface area contributed by atoms with Crippen molar-refractivity contribution in [2.45, 2.75) is 50.7 Å². The number of rotatable bonds is 8. The molecule has 3 rings (SSSR count). The summed E-state index contributed by atoms with van der Waals surface area (Å²) in [5.74, 6) is 0.558. The van der Waals surface area contributed by atoms with E-state index in [9.17, 15) is 13.2 Å². The molecule has 0 aliphatic heterocycles. The van der Waals surface area contributed by atoms with Gasteiger partial charge in [-0.25, -0.2) is 18.1 Å². The Hall–Kier alpha value is -2.03. The average Bonchev–Trinajstić information content (AvgIpc) is 2.71. The monoisotopic (exact) mass is 419 g/mol. The van der Waals surface area contributed by atoms with E-state index in [4.69, 9.17) is 4.74 Å². The zero-order valence-corrected chi connectivity index (χ0v) is 17.8. The number of nitrogens with one attached hydrogen (secondary N) is 1. The van der Waals surface area contributed by atoms with Crippen molar-refractivity contribution in [1.29, 1.82) is 0 Å². The maximum absolute atomic E-state index is 12.5. The van der Waals surface area contributed by atoms with Crippen LogP contribution in [0, 0.1) is 6.92 Å². The van der Waals surface area contributed by atoms with Gasteiger partial charge >= 0.3 is 0 Å². The highest BCUT2D eigenvalue weighted by Gasteiger charge is 2.24. The van der Waals surface area contributed by atoms with Crippen molar-refractivity contribution >= 4 is 10.0 Å². The first-order chi connectivity index (χ1) is 13.8. The SMILES string of the molecule is Cc1cncn(C(CNS(C)(=O)=O)COC2CCC(c3ccccc3)CC2)c1=O. The first kappa shape index (κ1) is 21.7. The predicted octanol–water partition coefficient (Wildman–Crippen LogP) is 2.39. The molecule has 1 aromatic carbocycles. The topological polar surface area (TPSA) is 90.3 Å². The molecular formula is C21H29N3O4S. The smallest absolute Gasteiger partial charge is 0.256 e. The van der Waals surface area contributed by atoms with Crippen LogP contribution in [0.5, 0.6) is 0 Å². The number of aryl methyl sites for hydroxylation is 1. The number of nitrogens with zero attached hydrogens (tertiary/aromatic N) is 2. The van der Waals surface area contributed by atoms with E-state index in [1.54, 1.807) is 6.92 Å². The zero-order chi connectivity index (χ0) is 20.9. The molecule has 1 fully saturated rings. The molecule has 1 aromatic heterocycles. The van der Waals surface area contributed by atoms with Crippen LogP contribution in [-0.2, 0) is 14.8 Å². The maximum atomic E-state index is 12.5. The molecule has 1 aliphatic rings. The minimum Gasteiger partial charge on any atom is -0.376 e. The highest BCUT2D eigenvalue weighted by Crippen LogP contribution is 2.34. The number of ether oxygens (including phenoxy) is 1. The zero-order valence-electron chi connectivity index (χ0n) is 17.0. The van der Waals surface area contributed by atoms with Crippen molar-refractivity contribution in [3.63, 3.8) is 0 Å². The van der Waals surface area contributed by atoms with Crippen LogP contribution in [0.15, 0.2) is 47.7 Å². The van der Waals surface area contributed by atoms with E-state index in [1.165, 1.54) is 22.7 Å². The van der Waals surface area contributed by atoms with Gasteiger partial charge < -0.3 is 4.74 Å². The van der Waals surface area contributed by atoms with Crippen LogP contribution in [0.3, 0.4) is 0 Å². The van der Waals surface area contributed by atoms with Crippen LogP contribution in [0.1, 0.15) is 48.8 Å². The van der Waals surface area contributed by atoms with Gasteiger partial charge in [-0.05, 0) is 44.1 Å². The molecular weight excluding hydrogens is 390 g/mol. The van der Waals surface area contributed by atoms with Crippen molar-refractivity contribution in [1.82, 2.24) is 14.3 Å². The highest BCUT2D eigenvalue weighted by molar-refractivity contribution is 7.88. The van der Waals surface area contributed by atoms with Crippen LogP contribution in [0.25, 0.3) is 0 Å². The molecule has 0 amide bonds. The van der Waals surface area contributed by atoms with Crippen molar-refractivity contribution in [2.24, 2.45) is 0 Å². The third kappa shape index (κ3) is 6.22. The Labute approximate surface area is 172 Å². The lowest BCUT2D eigenvalue weighted by Crippen LogP contribution is -2.38. The summed E-state index contributed by atoms with van der Waals surface area (Å²) in [5, 5.41) is 0. The fraction of sp³-hybridized carbons (Fsp3) is 0.524. The van der Waals surface area contributed by atoms with Gasteiger partial charge in [0.2, 0.25) is 10.0 Å². The summed E-state index contributed by atoms with van der Waals surface area (Å²) in [6, 6.07) is 10.1. The number of aromatic nitrogens is 2. The van der Waals surface area contributed by atoms with Crippen molar-refractivity contribution in [3.05, 3.63) is 64.3 Å². The van der Waals surface area contributed by atoms with E-state index in [0.717, 1.165) is 31.9 Å². The second kappa shape index (κ2) is 9.65. The molecule has 0 radical (unpaired) electrons. The number of sulfonamides is 1. The van der Waals surface area contributed by atoms with Crippen LogP contribution >= 0.6 is 0 Å². The first-order valence-electron chi connectivity index (χ1n) is 9.97. The van der Waals surface area contributed by atoms with E-state index in [2.05, 4.69) is 34.0 Å². The van der Waals surface area contributed by atoms with Gasteiger partial charge in [-0.15, -0.1) is 0 Å². The van der Waals surface area contributed by atoms with Gasteiger partial charge in [0.05, 0.1) is 31.3 Å². The van der Waals surface area contributed by atoms with Gasteiger partial charge in [-0.2, -0.15) is 0 Å². The number of benzene rings is 1. The van der Waals surface area contributed by atoms with Gasteiger partial charge in [0.1, 0.15) is 0 Å². The molecule has 1 unspecified atom stereocenters. The summed E-state index contributed by atoms with van der Waals surface area (Å²) in [6.07, 6.45) is 8.20. The molecule has 1 atom stereocenters. The van der Waals surface area contributed by atoms with Crippen molar-refractivity contribution in [2.75, 3.05) is 19.4 Å². The Balaban J connectivity index is 1.61. The molecule has 7 nitrogen and oxygen atoms in total. The minimum atomic E-state index is -3.37. The molecule has 1 heterocycles. The minimum absolute atomic E-state index is 0.0865. The van der Waals surface area contributed by atoms with E-state index < -0.39 is 16.1 Å². The van der Waals surface area contributed by atoms with Gasteiger partial charge in [0.15, 0.2) is 0 Å². The Bertz CT molecular complexity index is 951. The van der Waals surface area contributed by atoms with Gasteiger partial charge in [-0.3, -0.25) is 9.36 Å². The first-order valence-corrected chi connectivity index (χ1v) is 11.9. The Morgan fingerprint density at radius 2 is 1.90 bits per heavy atom. The molecule has 1 saturated carbocycles. The summed E-state index contributed by atoms with van der Waals surface area (Å²) < 4.78 is 33.2. The lowest BCUT2D eigenvalue weighted by atomic mass is 9.83. The van der Waals surface area contributed by atoms with Crippen LogP contribution in [-0.4, -0.2) is 43.5 Å². The highest BCUT2D eigenvalue weighted by atomic mass is 32.2. The number of hydrogen-bond donors (Lipinski definition) is 1.